The summed E-state index contributed by atoms with van der Waals surface area (Å²) in [6, 6.07) is 8.33. The lowest BCUT2D eigenvalue weighted by Gasteiger charge is -2.35. The molecule has 0 bridgehead atoms. The molecule has 2 aliphatic heterocycles. The second kappa shape index (κ2) is 13.7. The highest BCUT2D eigenvalue weighted by Crippen LogP contribution is 2.38. The second-order valence-corrected chi connectivity index (χ2v) is 12.0. The standard InChI is InChI=1S/C35H32F2N10O3/c1-50-30-15-24(36)19-40-34(30)44-11-13-45(14-12-44)35(49)29-17-27-26(28-20-39-6-4-22(28)18-38)16-25(32(37)33(27)42-29)23-3-2-8-46(21-23)31(48)5-9-47-10-7-41-43-47/h3-4,6-7,10,15-17,19-20,42H,2,5,8-9,11-14,21H2,1H3. The first-order valence-corrected chi connectivity index (χ1v) is 16.1. The number of hydrogen-bond acceptors (Lipinski definition) is 9. The summed E-state index contributed by atoms with van der Waals surface area (Å²) < 4.78 is 37.2. The van der Waals surface area contributed by atoms with Gasteiger partial charge in [0.15, 0.2) is 17.4 Å². The van der Waals surface area contributed by atoms with Crippen LogP contribution in [0.2, 0.25) is 0 Å². The van der Waals surface area contributed by atoms with Crippen LogP contribution < -0.4 is 9.64 Å². The zero-order chi connectivity index (χ0) is 34.8. The zero-order valence-corrected chi connectivity index (χ0v) is 27.1. The summed E-state index contributed by atoms with van der Waals surface area (Å²) in [5.41, 5.74) is 2.56. The van der Waals surface area contributed by atoms with E-state index in [1.807, 2.05) is 11.0 Å². The molecule has 2 aliphatic rings. The maximum Gasteiger partial charge on any atom is 0.270 e. The van der Waals surface area contributed by atoms with Crippen molar-refractivity contribution in [3.05, 3.63) is 89.8 Å². The first-order chi connectivity index (χ1) is 24.3. The quantitative estimate of drug-likeness (QED) is 0.257. The fourth-order valence-corrected chi connectivity index (χ4v) is 6.50. The highest BCUT2D eigenvalue weighted by molar-refractivity contribution is 6.05. The van der Waals surface area contributed by atoms with Crippen molar-refractivity contribution in [2.24, 2.45) is 0 Å². The Morgan fingerprint density at radius 1 is 1.02 bits per heavy atom. The fraction of sp³-hybridized carbons (Fsp3) is 0.286. The van der Waals surface area contributed by atoms with Crippen LogP contribution in [-0.2, 0) is 11.3 Å². The number of amides is 2. The molecule has 5 aromatic rings. The Morgan fingerprint density at radius 2 is 1.86 bits per heavy atom. The summed E-state index contributed by atoms with van der Waals surface area (Å²) in [7, 11) is 1.45. The SMILES string of the molecule is COc1cc(F)cnc1N1CCN(C(=O)c2cc3c(-c4cnccc4C#N)cc(C4=CCCN(C(=O)CCn5ccnn5)C4)c(F)c3[nH]2)CC1. The number of carbonyl (C=O) groups is 2. The average molecular weight is 679 g/mol. The van der Waals surface area contributed by atoms with Gasteiger partial charge in [-0.25, -0.2) is 13.8 Å². The number of halogens is 2. The second-order valence-electron chi connectivity index (χ2n) is 12.0. The monoisotopic (exact) mass is 678 g/mol. The molecule has 50 heavy (non-hydrogen) atoms. The number of piperazine rings is 1. The number of rotatable bonds is 8. The van der Waals surface area contributed by atoms with Gasteiger partial charge in [-0.3, -0.25) is 19.3 Å². The van der Waals surface area contributed by atoms with E-state index in [2.05, 4.69) is 31.3 Å². The molecule has 15 heteroatoms. The van der Waals surface area contributed by atoms with Crippen LogP contribution in [0, 0.1) is 23.0 Å². The molecule has 1 saturated heterocycles. The van der Waals surface area contributed by atoms with Crippen LogP contribution in [0.5, 0.6) is 5.75 Å². The van der Waals surface area contributed by atoms with Crippen molar-refractivity contribution in [1.82, 2.24) is 39.7 Å². The van der Waals surface area contributed by atoms with Crippen LogP contribution in [0.1, 0.15) is 34.5 Å². The smallest absolute Gasteiger partial charge is 0.270 e. The van der Waals surface area contributed by atoms with Crippen LogP contribution in [0.4, 0.5) is 14.6 Å². The number of hydrogen-bond donors (Lipinski definition) is 1. The van der Waals surface area contributed by atoms with Gasteiger partial charge in [-0.05, 0) is 35.8 Å². The largest absolute Gasteiger partial charge is 0.493 e. The lowest BCUT2D eigenvalue weighted by atomic mass is 9.92. The van der Waals surface area contributed by atoms with E-state index in [9.17, 15) is 19.2 Å². The summed E-state index contributed by atoms with van der Waals surface area (Å²) in [6.45, 7) is 2.60. The topological polar surface area (TPSA) is 149 Å². The molecule has 0 aliphatic carbocycles. The summed E-state index contributed by atoms with van der Waals surface area (Å²) in [5, 5.41) is 18.0. The molecule has 1 fully saturated rings. The molecule has 0 atom stereocenters. The van der Waals surface area contributed by atoms with Crippen LogP contribution >= 0.6 is 0 Å². The number of aromatic amines is 1. The van der Waals surface area contributed by atoms with E-state index in [1.54, 1.807) is 51.3 Å². The van der Waals surface area contributed by atoms with E-state index in [1.165, 1.54) is 19.4 Å². The number of anilines is 1. The molecular formula is C35H32F2N10O3. The van der Waals surface area contributed by atoms with Crippen molar-refractivity contribution in [2.75, 3.05) is 51.3 Å². The molecule has 1 aromatic carbocycles. The molecule has 0 radical (unpaired) electrons. The van der Waals surface area contributed by atoms with Crippen molar-refractivity contribution >= 4 is 34.1 Å². The van der Waals surface area contributed by atoms with Gasteiger partial charge in [-0.15, -0.1) is 5.10 Å². The molecule has 2 amide bonds. The molecule has 4 aromatic heterocycles. The number of carbonyl (C=O) groups excluding carboxylic acids is 2. The first kappa shape index (κ1) is 32.4. The lowest BCUT2D eigenvalue weighted by Crippen LogP contribution is -2.49. The van der Waals surface area contributed by atoms with E-state index < -0.39 is 11.6 Å². The Bertz CT molecular complexity index is 2150. The normalized spacial score (nSPS) is 14.8. The van der Waals surface area contributed by atoms with E-state index in [0.717, 1.165) is 6.20 Å². The van der Waals surface area contributed by atoms with Gasteiger partial charge >= 0.3 is 0 Å². The van der Waals surface area contributed by atoms with Gasteiger partial charge < -0.3 is 24.4 Å². The maximum absolute atomic E-state index is 16.6. The predicted octanol–water partition coefficient (Wildman–Crippen LogP) is 4.04. The number of fused-ring (bicyclic) bond motifs is 1. The zero-order valence-electron chi connectivity index (χ0n) is 27.1. The number of aryl methyl sites for hydroxylation is 1. The third-order valence-corrected chi connectivity index (χ3v) is 9.08. The number of nitriles is 1. The minimum atomic E-state index is -0.562. The van der Waals surface area contributed by atoms with Crippen LogP contribution in [0.25, 0.3) is 27.6 Å². The van der Waals surface area contributed by atoms with Gasteiger partial charge in [-0.1, -0.05) is 11.3 Å². The molecule has 13 nitrogen and oxygen atoms in total. The van der Waals surface area contributed by atoms with Gasteiger partial charge in [0.05, 0.1) is 43.2 Å². The van der Waals surface area contributed by atoms with Gasteiger partial charge in [0.25, 0.3) is 5.91 Å². The molecule has 254 valence electrons. The Balaban J connectivity index is 1.19. The van der Waals surface area contributed by atoms with E-state index in [-0.39, 0.29) is 41.6 Å². The molecule has 0 spiro atoms. The number of nitrogens with one attached hydrogen (secondary N) is 1. The van der Waals surface area contributed by atoms with E-state index in [0.29, 0.717) is 84.9 Å². The van der Waals surface area contributed by atoms with E-state index >= 15 is 4.39 Å². The van der Waals surface area contributed by atoms with Crippen molar-refractivity contribution in [3.63, 3.8) is 0 Å². The van der Waals surface area contributed by atoms with Gasteiger partial charge in [0.2, 0.25) is 5.91 Å². The summed E-state index contributed by atoms with van der Waals surface area (Å²) in [6.07, 6.45) is 10.1. The average Bonchev–Trinajstić information content (AvgIpc) is 3.85. The van der Waals surface area contributed by atoms with Crippen LogP contribution in [-0.4, -0.2) is 97.9 Å². The first-order valence-electron chi connectivity index (χ1n) is 16.1. The molecule has 1 N–H and O–H groups in total. The Hall–Kier alpha value is -6.17. The number of aromatic nitrogens is 6. The van der Waals surface area contributed by atoms with E-state index in [4.69, 9.17) is 4.74 Å². The number of H-pyrrole nitrogens is 1. The number of pyridine rings is 2. The van der Waals surface area contributed by atoms with Gasteiger partial charge in [-0.2, -0.15) is 5.26 Å². The third-order valence-electron chi connectivity index (χ3n) is 9.08. The molecular weight excluding hydrogens is 646 g/mol. The highest BCUT2D eigenvalue weighted by Gasteiger charge is 2.29. The minimum Gasteiger partial charge on any atom is -0.493 e. The van der Waals surface area contributed by atoms with Crippen molar-refractivity contribution < 1.29 is 23.1 Å². The molecule has 6 heterocycles. The number of ether oxygens (including phenoxy) is 1. The lowest BCUT2D eigenvalue weighted by molar-refractivity contribution is -0.131. The molecule has 7 rings (SSSR count). The highest BCUT2D eigenvalue weighted by atomic mass is 19.1. The van der Waals surface area contributed by atoms with Crippen molar-refractivity contribution in [3.8, 4) is 22.9 Å². The number of nitrogens with zero attached hydrogens (tertiary/aromatic N) is 9. The predicted molar refractivity (Wildman–Crippen MR) is 179 cm³/mol. The Labute approximate surface area is 285 Å². The van der Waals surface area contributed by atoms with Crippen LogP contribution in [0.3, 0.4) is 0 Å². The Morgan fingerprint density at radius 3 is 2.62 bits per heavy atom. The fourth-order valence-electron chi connectivity index (χ4n) is 6.50. The Kier molecular flexibility index (Phi) is 8.90. The van der Waals surface area contributed by atoms with Crippen molar-refractivity contribution in [1.29, 1.82) is 5.26 Å². The van der Waals surface area contributed by atoms with Gasteiger partial charge in [0.1, 0.15) is 11.5 Å². The minimum absolute atomic E-state index is 0.0895. The maximum atomic E-state index is 16.6. The van der Waals surface area contributed by atoms with Gasteiger partial charge in [0, 0.05) is 86.9 Å². The third kappa shape index (κ3) is 6.23. The molecule has 0 unspecified atom stereocenters. The summed E-state index contributed by atoms with van der Waals surface area (Å²) >= 11 is 0. The van der Waals surface area contributed by atoms with Crippen molar-refractivity contribution in [2.45, 2.75) is 19.4 Å². The van der Waals surface area contributed by atoms with Crippen LogP contribution in [0.15, 0.2) is 61.3 Å². The molecule has 0 saturated carbocycles. The summed E-state index contributed by atoms with van der Waals surface area (Å²) in [4.78, 5) is 43.7. The number of methoxy groups -OCH3 is 1. The summed E-state index contributed by atoms with van der Waals surface area (Å²) in [5.74, 6) is -0.687. The number of benzene rings is 1.